The predicted molar refractivity (Wildman–Crippen MR) is 80.5 cm³/mol. The van der Waals surface area contributed by atoms with Crippen molar-refractivity contribution in [1.82, 2.24) is 5.32 Å². The molecule has 2 rings (SSSR count). The number of hydrogen-bond donors (Lipinski definition) is 1. The van der Waals surface area contributed by atoms with Crippen LogP contribution in [0, 0.1) is 13.8 Å². The second-order valence-electron chi connectivity index (χ2n) is 4.70. The summed E-state index contributed by atoms with van der Waals surface area (Å²) < 4.78 is 5.36. The lowest BCUT2D eigenvalue weighted by atomic mass is 10.1. The molecule has 0 spiro atoms. The van der Waals surface area contributed by atoms with Gasteiger partial charge in [0.1, 0.15) is 11.5 Å². The van der Waals surface area contributed by atoms with Crippen LogP contribution in [0.5, 0.6) is 0 Å². The summed E-state index contributed by atoms with van der Waals surface area (Å²) in [6.45, 7) is 5.47. The SMILES string of the molecule is Cc1cc(C(=O)NC(C)c2ccc(Cl)c(Cl)c2)c(C)o1. The van der Waals surface area contributed by atoms with Crippen molar-refractivity contribution >= 4 is 29.1 Å². The van der Waals surface area contributed by atoms with Gasteiger partial charge in [-0.05, 0) is 44.5 Å². The van der Waals surface area contributed by atoms with Crippen molar-refractivity contribution in [2.24, 2.45) is 0 Å². The molecule has 0 bridgehead atoms. The standard InChI is InChI=1S/C15H15Cl2NO2/c1-8-6-12(10(3)20-8)15(19)18-9(2)11-4-5-13(16)14(17)7-11/h4-7,9H,1-3H3,(H,18,19). The van der Waals surface area contributed by atoms with Crippen LogP contribution in [0.25, 0.3) is 0 Å². The molecule has 1 atom stereocenters. The zero-order valence-corrected chi connectivity index (χ0v) is 13.0. The fourth-order valence-corrected chi connectivity index (χ4v) is 2.30. The van der Waals surface area contributed by atoms with Gasteiger partial charge in [-0.1, -0.05) is 29.3 Å². The number of furan rings is 1. The summed E-state index contributed by atoms with van der Waals surface area (Å²) in [5, 5.41) is 3.88. The Morgan fingerprint density at radius 3 is 2.45 bits per heavy atom. The molecule has 0 saturated heterocycles. The Bertz CT molecular complexity index is 649. The highest BCUT2D eigenvalue weighted by atomic mass is 35.5. The first-order valence-electron chi connectivity index (χ1n) is 6.21. The van der Waals surface area contributed by atoms with Crippen LogP contribution >= 0.6 is 23.2 Å². The van der Waals surface area contributed by atoms with Crippen molar-refractivity contribution < 1.29 is 9.21 Å². The zero-order chi connectivity index (χ0) is 14.9. The maximum absolute atomic E-state index is 12.2. The summed E-state index contributed by atoms with van der Waals surface area (Å²) in [4.78, 5) is 12.2. The van der Waals surface area contributed by atoms with E-state index < -0.39 is 0 Å². The lowest BCUT2D eigenvalue weighted by Gasteiger charge is -2.14. The second-order valence-corrected chi connectivity index (χ2v) is 5.51. The number of amides is 1. The van der Waals surface area contributed by atoms with Gasteiger partial charge in [0, 0.05) is 0 Å². The van der Waals surface area contributed by atoms with Crippen LogP contribution in [-0.2, 0) is 0 Å². The highest BCUT2D eigenvalue weighted by molar-refractivity contribution is 6.42. The number of carbonyl (C=O) groups is 1. The summed E-state index contributed by atoms with van der Waals surface area (Å²) in [5.41, 5.74) is 1.44. The molecule has 2 aromatic rings. The monoisotopic (exact) mass is 311 g/mol. The summed E-state index contributed by atoms with van der Waals surface area (Å²) >= 11 is 11.9. The predicted octanol–water partition coefficient (Wildman–Crippen LogP) is 4.69. The summed E-state index contributed by atoms with van der Waals surface area (Å²) in [7, 11) is 0. The lowest BCUT2D eigenvalue weighted by molar-refractivity contribution is 0.0938. The molecule has 3 nitrogen and oxygen atoms in total. The van der Waals surface area contributed by atoms with Crippen LogP contribution in [0.3, 0.4) is 0 Å². The van der Waals surface area contributed by atoms with Crippen molar-refractivity contribution in [3.8, 4) is 0 Å². The van der Waals surface area contributed by atoms with Gasteiger partial charge in [0.2, 0.25) is 0 Å². The van der Waals surface area contributed by atoms with Gasteiger partial charge in [-0.2, -0.15) is 0 Å². The van der Waals surface area contributed by atoms with Crippen LogP contribution in [-0.4, -0.2) is 5.91 Å². The van der Waals surface area contributed by atoms with Crippen LogP contribution < -0.4 is 5.32 Å². The summed E-state index contributed by atoms with van der Waals surface area (Å²) in [5.74, 6) is 1.16. The number of rotatable bonds is 3. The number of benzene rings is 1. The van der Waals surface area contributed by atoms with Gasteiger partial charge < -0.3 is 9.73 Å². The van der Waals surface area contributed by atoms with E-state index in [1.807, 2.05) is 19.9 Å². The maximum Gasteiger partial charge on any atom is 0.255 e. The van der Waals surface area contributed by atoms with Crippen LogP contribution in [0.2, 0.25) is 10.0 Å². The molecule has 106 valence electrons. The first-order chi connectivity index (χ1) is 9.38. The summed E-state index contributed by atoms with van der Waals surface area (Å²) in [6, 6.07) is 6.86. The molecular weight excluding hydrogens is 297 g/mol. The fraction of sp³-hybridized carbons (Fsp3) is 0.267. The van der Waals surface area contributed by atoms with Crippen molar-refractivity contribution in [3.05, 3.63) is 57.0 Å². The van der Waals surface area contributed by atoms with E-state index in [0.29, 0.717) is 21.4 Å². The fourth-order valence-electron chi connectivity index (χ4n) is 2.00. The van der Waals surface area contributed by atoms with Gasteiger partial charge in [0.15, 0.2) is 0 Å². The Labute approximate surface area is 127 Å². The molecule has 1 heterocycles. The largest absolute Gasteiger partial charge is 0.466 e. The molecule has 1 aromatic heterocycles. The van der Waals surface area contributed by atoms with E-state index in [9.17, 15) is 4.79 Å². The quantitative estimate of drug-likeness (QED) is 0.893. The van der Waals surface area contributed by atoms with Crippen LogP contribution in [0.4, 0.5) is 0 Å². The molecular formula is C15H15Cl2NO2. The van der Waals surface area contributed by atoms with Gasteiger partial charge in [-0.25, -0.2) is 0 Å². The van der Waals surface area contributed by atoms with Crippen molar-refractivity contribution in [3.63, 3.8) is 0 Å². The van der Waals surface area contributed by atoms with Crippen molar-refractivity contribution in [1.29, 1.82) is 0 Å². The number of hydrogen-bond acceptors (Lipinski definition) is 2. The molecule has 0 aliphatic rings. The van der Waals surface area contributed by atoms with Crippen molar-refractivity contribution in [2.45, 2.75) is 26.8 Å². The first kappa shape index (κ1) is 14.9. The molecule has 0 radical (unpaired) electrons. The Kier molecular flexibility index (Phi) is 4.41. The van der Waals surface area contributed by atoms with E-state index in [-0.39, 0.29) is 11.9 Å². The first-order valence-corrected chi connectivity index (χ1v) is 6.97. The topological polar surface area (TPSA) is 42.2 Å². The van der Waals surface area contributed by atoms with Crippen LogP contribution in [0.15, 0.2) is 28.7 Å². The van der Waals surface area contributed by atoms with Crippen molar-refractivity contribution in [2.75, 3.05) is 0 Å². The van der Waals surface area contributed by atoms with Crippen LogP contribution in [0.1, 0.15) is 40.4 Å². The lowest BCUT2D eigenvalue weighted by Crippen LogP contribution is -2.26. The third kappa shape index (κ3) is 3.17. The second kappa shape index (κ2) is 5.90. The highest BCUT2D eigenvalue weighted by Crippen LogP contribution is 2.26. The Balaban J connectivity index is 2.14. The Morgan fingerprint density at radius 2 is 1.90 bits per heavy atom. The van der Waals surface area contributed by atoms with Gasteiger partial charge in [0.05, 0.1) is 21.7 Å². The minimum atomic E-state index is -0.174. The minimum Gasteiger partial charge on any atom is -0.466 e. The van der Waals surface area contributed by atoms with E-state index in [1.165, 1.54) is 0 Å². The molecule has 5 heteroatoms. The third-order valence-electron chi connectivity index (χ3n) is 3.08. The molecule has 0 aliphatic heterocycles. The third-order valence-corrected chi connectivity index (χ3v) is 3.82. The number of nitrogens with one attached hydrogen (secondary N) is 1. The van der Waals surface area contributed by atoms with E-state index in [0.717, 1.165) is 11.3 Å². The molecule has 1 amide bonds. The number of halogens is 2. The van der Waals surface area contributed by atoms with E-state index in [1.54, 1.807) is 25.1 Å². The normalized spacial score (nSPS) is 12.2. The molecule has 0 saturated carbocycles. The average Bonchev–Trinajstić information content (AvgIpc) is 2.71. The molecule has 1 N–H and O–H groups in total. The smallest absolute Gasteiger partial charge is 0.255 e. The maximum atomic E-state index is 12.2. The van der Waals surface area contributed by atoms with E-state index in [4.69, 9.17) is 27.6 Å². The number of carbonyl (C=O) groups excluding carboxylic acids is 1. The van der Waals surface area contributed by atoms with Gasteiger partial charge in [0.25, 0.3) is 5.91 Å². The minimum absolute atomic E-state index is 0.169. The van der Waals surface area contributed by atoms with E-state index >= 15 is 0 Å². The van der Waals surface area contributed by atoms with Gasteiger partial charge in [-0.15, -0.1) is 0 Å². The molecule has 0 aliphatic carbocycles. The highest BCUT2D eigenvalue weighted by Gasteiger charge is 2.16. The molecule has 1 unspecified atom stereocenters. The van der Waals surface area contributed by atoms with Gasteiger partial charge in [-0.3, -0.25) is 4.79 Å². The zero-order valence-electron chi connectivity index (χ0n) is 11.5. The van der Waals surface area contributed by atoms with Gasteiger partial charge >= 0.3 is 0 Å². The molecule has 1 aromatic carbocycles. The Morgan fingerprint density at radius 1 is 1.20 bits per heavy atom. The average molecular weight is 312 g/mol. The van der Waals surface area contributed by atoms with E-state index in [2.05, 4.69) is 5.32 Å². The Hall–Kier alpha value is -1.45. The summed E-state index contributed by atoms with van der Waals surface area (Å²) in [6.07, 6.45) is 0. The molecule has 20 heavy (non-hydrogen) atoms. The number of aryl methyl sites for hydroxylation is 2. The molecule has 0 fully saturated rings.